The van der Waals surface area contributed by atoms with Gasteiger partial charge in [-0.05, 0) is 44.2 Å². The van der Waals surface area contributed by atoms with Crippen molar-refractivity contribution in [1.29, 1.82) is 0 Å². The van der Waals surface area contributed by atoms with Crippen molar-refractivity contribution in [3.8, 4) is 11.3 Å². The number of carbonyl (C=O) groups excluding carboxylic acids is 2. The molecule has 2 amide bonds. The molecule has 1 aromatic carbocycles. The van der Waals surface area contributed by atoms with Crippen LogP contribution in [0.25, 0.3) is 17.0 Å². The van der Waals surface area contributed by atoms with Gasteiger partial charge in [-0.1, -0.05) is 30.3 Å². The number of aryl methyl sites for hydroxylation is 2. The van der Waals surface area contributed by atoms with Gasteiger partial charge < -0.3 is 11.1 Å². The fraction of sp³-hybridized carbons (Fsp3) is 0.227. The molecule has 0 fully saturated rings. The number of thiophene rings is 1. The molecule has 0 saturated carbocycles. The molecule has 1 aliphatic rings. The molecular formula is C22H20N6O2S. The second kappa shape index (κ2) is 7.59. The Balaban J connectivity index is 1.53. The maximum atomic E-state index is 13.0. The van der Waals surface area contributed by atoms with Crippen LogP contribution in [0.3, 0.4) is 0 Å². The number of rotatable bonds is 4. The Hall–Kier alpha value is -3.59. The molecule has 0 aliphatic heterocycles. The molecule has 3 heterocycles. The number of hydrogen-bond acceptors (Lipinski definition) is 6. The summed E-state index contributed by atoms with van der Waals surface area (Å²) in [6, 6.07) is 11.6. The van der Waals surface area contributed by atoms with E-state index in [4.69, 9.17) is 5.73 Å². The van der Waals surface area contributed by atoms with Gasteiger partial charge in [0.15, 0.2) is 0 Å². The van der Waals surface area contributed by atoms with Gasteiger partial charge in [-0.2, -0.15) is 9.50 Å². The Morgan fingerprint density at radius 1 is 1.13 bits per heavy atom. The maximum Gasteiger partial charge on any atom is 0.296 e. The van der Waals surface area contributed by atoms with E-state index in [-0.39, 0.29) is 5.82 Å². The Morgan fingerprint density at radius 2 is 1.90 bits per heavy atom. The van der Waals surface area contributed by atoms with Crippen LogP contribution in [0.1, 0.15) is 50.0 Å². The van der Waals surface area contributed by atoms with Crippen molar-refractivity contribution in [3.05, 3.63) is 63.9 Å². The van der Waals surface area contributed by atoms with E-state index < -0.39 is 11.8 Å². The van der Waals surface area contributed by atoms with Gasteiger partial charge in [0.05, 0.1) is 11.3 Å². The van der Waals surface area contributed by atoms with E-state index in [1.54, 1.807) is 4.52 Å². The summed E-state index contributed by atoms with van der Waals surface area (Å²) in [7, 11) is 0. The minimum atomic E-state index is -0.527. The fourth-order valence-corrected chi connectivity index (χ4v) is 5.26. The first-order valence-corrected chi connectivity index (χ1v) is 10.9. The van der Waals surface area contributed by atoms with Crippen molar-refractivity contribution in [2.75, 3.05) is 5.32 Å². The summed E-state index contributed by atoms with van der Waals surface area (Å²) < 4.78 is 1.56. The summed E-state index contributed by atoms with van der Waals surface area (Å²) in [6.45, 7) is 1.87. The zero-order chi connectivity index (χ0) is 21.5. The monoisotopic (exact) mass is 432 g/mol. The van der Waals surface area contributed by atoms with Crippen LogP contribution >= 0.6 is 11.3 Å². The number of aromatic nitrogens is 4. The first kappa shape index (κ1) is 19.4. The van der Waals surface area contributed by atoms with Gasteiger partial charge in [-0.15, -0.1) is 16.4 Å². The molecule has 4 aromatic rings. The molecule has 3 N–H and O–H groups in total. The summed E-state index contributed by atoms with van der Waals surface area (Å²) in [6.07, 6.45) is 3.78. The van der Waals surface area contributed by atoms with Crippen molar-refractivity contribution in [2.24, 2.45) is 5.73 Å². The van der Waals surface area contributed by atoms with E-state index in [9.17, 15) is 9.59 Å². The van der Waals surface area contributed by atoms with Crippen LogP contribution in [-0.4, -0.2) is 31.4 Å². The average Bonchev–Trinajstić information content (AvgIpc) is 3.34. The van der Waals surface area contributed by atoms with Crippen molar-refractivity contribution < 1.29 is 9.59 Å². The number of carbonyl (C=O) groups is 2. The highest BCUT2D eigenvalue weighted by atomic mass is 32.1. The van der Waals surface area contributed by atoms with Crippen molar-refractivity contribution in [1.82, 2.24) is 19.6 Å². The zero-order valence-electron chi connectivity index (χ0n) is 16.9. The van der Waals surface area contributed by atoms with Gasteiger partial charge in [-0.3, -0.25) is 9.59 Å². The highest BCUT2D eigenvalue weighted by Crippen LogP contribution is 2.38. The third-order valence-corrected chi connectivity index (χ3v) is 6.56. The van der Waals surface area contributed by atoms with Gasteiger partial charge in [-0.25, -0.2) is 4.98 Å². The number of nitrogens with zero attached hydrogens (tertiary/aromatic N) is 4. The molecule has 0 radical (unpaired) electrons. The van der Waals surface area contributed by atoms with E-state index in [0.717, 1.165) is 53.1 Å². The minimum absolute atomic E-state index is 0.0166. The van der Waals surface area contributed by atoms with Crippen molar-refractivity contribution in [2.45, 2.75) is 32.6 Å². The lowest BCUT2D eigenvalue weighted by Crippen LogP contribution is -2.19. The van der Waals surface area contributed by atoms with Crippen LogP contribution in [0.2, 0.25) is 0 Å². The van der Waals surface area contributed by atoms with E-state index in [0.29, 0.717) is 16.3 Å². The lowest BCUT2D eigenvalue weighted by Gasteiger charge is -2.11. The summed E-state index contributed by atoms with van der Waals surface area (Å²) in [5, 5.41) is 7.68. The number of fused-ring (bicyclic) bond motifs is 2. The Kier molecular flexibility index (Phi) is 4.74. The summed E-state index contributed by atoms with van der Waals surface area (Å²) >= 11 is 1.41. The molecule has 0 spiro atoms. The first-order chi connectivity index (χ1) is 15.0. The molecule has 31 heavy (non-hydrogen) atoms. The number of benzene rings is 1. The first-order valence-electron chi connectivity index (χ1n) is 10.1. The highest BCUT2D eigenvalue weighted by Gasteiger charge is 2.26. The summed E-state index contributed by atoms with van der Waals surface area (Å²) in [5.41, 5.74) is 9.51. The second-order valence-corrected chi connectivity index (χ2v) is 8.63. The van der Waals surface area contributed by atoms with Gasteiger partial charge in [0, 0.05) is 16.1 Å². The number of primary amides is 1. The van der Waals surface area contributed by atoms with E-state index in [1.165, 1.54) is 11.3 Å². The molecular weight excluding hydrogens is 412 g/mol. The number of hydrogen-bond donors (Lipinski definition) is 2. The van der Waals surface area contributed by atoms with Gasteiger partial charge in [0.25, 0.3) is 17.6 Å². The molecule has 0 bridgehead atoms. The maximum absolute atomic E-state index is 13.0. The molecule has 3 aromatic heterocycles. The molecule has 9 heteroatoms. The Bertz CT molecular complexity index is 1330. The predicted octanol–water partition coefficient (Wildman–Crippen LogP) is 3.39. The number of nitrogens with two attached hydrogens (primary N) is 1. The third-order valence-electron chi connectivity index (χ3n) is 5.36. The van der Waals surface area contributed by atoms with Gasteiger partial charge in [0.1, 0.15) is 5.00 Å². The lowest BCUT2D eigenvalue weighted by atomic mass is 9.95. The Morgan fingerprint density at radius 3 is 2.68 bits per heavy atom. The third kappa shape index (κ3) is 3.46. The SMILES string of the molecule is Cc1cc(-c2ccccc2)n2nc(C(=O)Nc3sc4c(c3C(N)=O)CCCC4)nc2n1. The summed E-state index contributed by atoms with van der Waals surface area (Å²) in [5.74, 6) is -0.703. The largest absolute Gasteiger partial charge is 0.365 e. The molecule has 0 atom stereocenters. The molecule has 8 nitrogen and oxygen atoms in total. The van der Waals surface area contributed by atoms with Crippen LogP contribution in [0.5, 0.6) is 0 Å². The quantitative estimate of drug-likeness (QED) is 0.513. The van der Waals surface area contributed by atoms with Crippen LogP contribution in [0, 0.1) is 6.92 Å². The fourth-order valence-electron chi connectivity index (χ4n) is 3.97. The van der Waals surface area contributed by atoms with Crippen LogP contribution in [-0.2, 0) is 12.8 Å². The van der Waals surface area contributed by atoms with Crippen molar-refractivity contribution >= 4 is 33.9 Å². The zero-order valence-corrected chi connectivity index (χ0v) is 17.7. The topological polar surface area (TPSA) is 115 Å². The van der Waals surface area contributed by atoms with Gasteiger partial charge >= 0.3 is 0 Å². The molecule has 0 unspecified atom stereocenters. The van der Waals surface area contributed by atoms with E-state index >= 15 is 0 Å². The van der Waals surface area contributed by atoms with Gasteiger partial charge in [0.2, 0.25) is 5.82 Å². The van der Waals surface area contributed by atoms with Crippen LogP contribution < -0.4 is 11.1 Å². The van der Waals surface area contributed by atoms with Crippen molar-refractivity contribution in [3.63, 3.8) is 0 Å². The Labute approximate surface area is 182 Å². The minimum Gasteiger partial charge on any atom is -0.365 e. The molecule has 5 rings (SSSR count). The molecule has 1 aliphatic carbocycles. The normalized spacial score (nSPS) is 13.2. The standard InChI is InChI=1S/C22H20N6O2S/c1-12-11-15(13-7-3-2-4-8-13)28-22(24-12)25-19(27-28)20(30)26-21-17(18(23)29)14-9-5-6-10-16(14)31-21/h2-4,7-8,11H,5-6,9-10H2,1H3,(H2,23,29)(H,26,30). The number of amides is 2. The second-order valence-electron chi connectivity index (χ2n) is 7.53. The molecule has 0 saturated heterocycles. The van der Waals surface area contributed by atoms with E-state index in [2.05, 4.69) is 20.4 Å². The predicted molar refractivity (Wildman–Crippen MR) is 118 cm³/mol. The number of nitrogens with one attached hydrogen (secondary N) is 1. The van der Waals surface area contributed by atoms with Crippen LogP contribution in [0.4, 0.5) is 5.00 Å². The van der Waals surface area contributed by atoms with Crippen LogP contribution in [0.15, 0.2) is 36.4 Å². The van der Waals surface area contributed by atoms with E-state index in [1.807, 2.05) is 43.3 Å². The lowest BCUT2D eigenvalue weighted by molar-refractivity contribution is 0.100. The smallest absolute Gasteiger partial charge is 0.296 e. The summed E-state index contributed by atoms with van der Waals surface area (Å²) in [4.78, 5) is 34.9. The number of anilines is 1. The highest BCUT2D eigenvalue weighted by molar-refractivity contribution is 7.17. The average molecular weight is 433 g/mol. The molecule has 156 valence electrons.